The van der Waals surface area contributed by atoms with Gasteiger partial charge in [0.15, 0.2) is 0 Å². The normalized spacial score (nSPS) is 34.3. The van der Waals surface area contributed by atoms with Crippen molar-refractivity contribution in [1.29, 1.82) is 0 Å². The van der Waals surface area contributed by atoms with Gasteiger partial charge < -0.3 is 5.73 Å². The van der Waals surface area contributed by atoms with Crippen molar-refractivity contribution in [2.45, 2.75) is 11.4 Å². The summed E-state index contributed by atoms with van der Waals surface area (Å²) in [6, 6.07) is -0.135. The zero-order valence-corrected chi connectivity index (χ0v) is 6.23. The summed E-state index contributed by atoms with van der Waals surface area (Å²) in [6.07, 6.45) is 5.27. The molecule has 2 N–H and O–H groups in total. The Morgan fingerprint density at radius 3 is 2.67 bits per heavy atom. The number of halogens is 2. The summed E-state index contributed by atoms with van der Waals surface area (Å²) in [5.41, 5.74) is 5.52. The molecule has 0 saturated carbocycles. The van der Waals surface area contributed by atoms with E-state index in [9.17, 15) is 0 Å². The molecule has 0 heterocycles. The molecule has 1 aliphatic rings. The van der Waals surface area contributed by atoms with Crippen molar-refractivity contribution in [3.63, 3.8) is 0 Å². The summed E-state index contributed by atoms with van der Waals surface area (Å²) in [5, 5.41) is 0.562. The van der Waals surface area contributed by atoms with E-state index in [0.717, 1.165) is 0 Å². The van der Waals surface area contributed by atoms with E-state index >= 15 is 0 Å². The predicted octanol–water partition coefficient (Wildman–Crippen LogP) is 1.61. The highest BCUT2D eigenvalue weighted by molar-refractivity contribution is 6.32. The number of hydrogen-bond donors (Lipinski definition) is 1. The van der Waals surface area contributed by atoms with Crippen molar-refractivity contribution >= 4 is 23.2 Å². The van der Waals surface area contributed by atoms with Crippen LogP contribution in [0.5, 0.6) is 0 Å². The van der Waals surface area contributed by atoms with E-state index in [0.29, 0.717) is 5.03 Å². The molecule has 3 heteroatoms. The molecule has 1 rings (SSSR count). The van der Waals surface area contributed by atoms with Crippen LogP contribution in [0.4, 0.5) is 0 Å². The number of nitrogens with two attached hydrogens (primary N) is 1. The van der Waals surface area contributed by atoms with Crippen molar-refractivity contribution in [3.8, 4) is 0 Å². The lowest BCUT2D eigenvalue weighted by Crippen LogP contribution is -2.28. The number of allylic oxidation sites excluding steroid dienone is 2. The van der Waals surface area contributed by atoms with Gasteiger partial charge in [-0.05, 0) is 12.2 Å². The van der Waals surface area contributed by atoms with Crippen molar-refractivity contribution in [3.05, 3.63) is 23.3 Å². The third-order valence-electron chi connectivity index (χ3n) is 1.16. The third kappa shape index (κ3) is 1.71. The zero-order chi connectivity index (χ0) is 6.85. The standard InChI is InChI=1S/C6H7Cl2N/c7-4-1-2-5(8)6(9)3-4/h1-3,5-6H,9H2. The summed E-state index contributed by atoms with van der Waals surface area (Å²) in [4.78, 5) is 0. The fraction of sp³-hybridized carbons (Fsp3) is 0.333. The van der Waals surface area contributed by atoms with Gasteiger partial charge in [0.05, 0.1) is 5.38 Å². The van der Waals surface area contributed by atoms with Crippen LogP contribution in [0.25, 0.3) is 0 Å². The molecule has 0 bridgehead atoms. The van der Waals surface area contributed by atoms with Gasteiger partial charge in [0.25, 0.3) is 0 Å². The molecule has 0 saturated heterocycles. The SMILES string of the molecule is NC1C=C(Cl)C=CC1Cl. The van der Waals surface area contributed by atoms with Gasteiger partial charge in [0.1, 0.15) is 0 Å². The minimum atomic E-state index is -0.135. The first kappa shape index (κ1) is 7.13. The molecule has 1 aliphatic carbocycles. The molecular formula is C6H7Cl2N. The Hall–Kier alpha value is 0.0200. The first-order valence-electron chi connectivity index (χ1n) is 2.65. The van der Waals surface area contributed by atoms with Crippen LogP contribution >= 0.6 is 23.2 Å². The number of alkyl halides is 1. The summed E-state index contributed by atoms with van der Waals surface area (Å²) in [5.74, 6) is 0. The molecule has 0 aromatic heterocycles. The number of rotatable bonds is 0. The lowest BCUT2D eigenvalue weighted by molar-refractivity contribution is 0.831. The van der Waals surface area contributed by atoms with E-state index in [1.165, 1.54) is 0 Å². The zero-order valence-electron chi connectivity index (χ0n) is 4.72. The van der Waals surface area contributed by atoms with E-state index < -0.39 is 0 Å². The Morgan fingerprint density at radius 1 is 1.56 bits per heavy atom. The van der Waals surface area contributed by atoms with Gasteiger partial charge in [0, 0.05) is 11.1 Å². The van der Waals surface area contributed by atoms with Crippen LogP contribution in [-0.2, 0) is 0 Å². The van der Waals surface area contributed by atoms with E-state index in [1.807, 2.05) is 0 Å². The fourth-order valence-electron chi connectivity index (χ4n) is 0.643. The topological polar surface area (TPSA) is 26.0 Å². The molecule has 2 atom stereocenters. The number of hydrogen-bond acceptors (Lipinski definition) is 1. The van der Waals surface area contributed by atoms with Crippen molar-refractivity contribution in [2.24, 2.45) is 5.73 Å². The lowest BCUT2D eigenvalue weighted by atomic mass is 10.1. The predicted molar refractivity (Wildman–Crippen MR) is 40.7 cm³/mol. The minimum Gasteiger partial charge on any atom is -0.323 e. The van der Waals surface area contributed by atoms with Gasteiger partial charge in [-0.25, -0.2) is 0 Å². The average Bonchev–Trinajstić information content (AvgIpc) is 1.80. The summed E-state index contributed by atoms with van der Waals surface area (Å²) in [6.45, 7) is 0. The van der Waals surface area contributed by atoms with Crippen molar-refractivity contribution in [2.75, 3.05) is 0 Å². The van der Waals surface area contributed by atoms with Crippen molar-refractivity contribution in [1.82, 2.24) is 0 Å². The van der Waals surface area contributed by atoms with Crippen LogP contribution in [0.15, 0.2) is 23.3 Å². The Morgan fingerprint density at radius 2 is 2.22 bits per heavy atom. The molecule has 0 aliphatic heterocycles. The van der Waals surface area contributed by atoms with E-state index in [-0.39, 0.29) is 11.4 Å². The van der Waals surface area contributed by atoms with Crippen LogP contribution in [-0.4, -0.2) is 11.4 Å². The van der Waals surface area contributed by atoms with E-state index in [4.69, 9.17) is 28.9 Å². The molecule has 0 aromatic carbocycles. The lowest BCUT2D eigenvalue weighted by Gasteiger charge is -2.13. The Balaban J connectivity index is 2.70. The maximum atomic E-state index is 5.72. The maximum Gasteiger partial charge on any atom is 0.0707 e. The molecule has 0 radical (unpaired) electrons. The molecule has 0 spiro atoms. The average molecular weight is 164 g/mol. The minimum absolute atomic E-state index is 0.104. The van der Waals surface area contributed by atoms with Crippen LogP contribution in [0.2, 0.25) is 0 Å². The third-order valence-corrected chi connectivity index (χ3v) is 1.85. The monoisotopic (exact) mass is 163 g/mol. The molecule has 2 unspecified atom stereocenters. The van der Waals surface area contributed by atoms with Gasteiger partial charge in [-0.2, -0.15) is 0 Å². The van der Waals surface area contributed by atoms with Crippen LogP contribution < -0.4 is 5.73 Å². The van der Waals surface area contributed by atoms with Crippen LogP contribution in [0, 0.1) is 0 Å². The van der Waals surface area contributed by atoms with Gasteiger partial charge >= 0.3 is 0 Å². The Kier molecular flexibility index (Phi) is 2.17. The molecule has 0 fully saturated rings. The maximum absolute atomic E-state index is 5.72. The second-order valence-electron chi connectivity index (χ2n) is 1.93. The molecule has 9 heavy (non-hydrogen) atoms. The van der Waals surface area contributed by atoms with Gasteiger partial charge in [-0.1, -0.05) is 17.7 Å². The largest absolute Gasteiger partial charge is 0.323 e. The van der Waals surface area contributed by atoms with Gasteiger partial charge in [-0.15, -0.1) is 11.6 Å². The Labute approximate surface area is 64.1 Å². The summed E-state index contributed by atoms with van der Waals surface area (Å²) < 4.78 is 0. The quantitative estimate of drug-likeness (QED) is 0.540. The smallest absolute Gasteiger partial charge is 0.0707 e. The summed E-state index contributed by atoms with van der Waals surface area (Å²) >= 11 is 11.3. The first-order chi connectivity index (χ1) is 4.20. The second-order valence-corrected chi connectivity index (χ2v) is 2.87. The summed E-state index contributed by atoms with van der Waals surface area (Å²) in [7, 11) is 0. The highest BCUT2D eigenvalue weighted by Gasteiger charge is 2.12. The molecular weight excluding hydrogens is 157 g/mol. The van der Waals surface area contributed by atoms with Crippen LogP contribution in [0.3, 0.4) is 0 Å². The molecule has 0 amide bonds. The molecule has 0 aromatic rings. The second kappa shape index (κ2) is 2.74. The highest BCUT2D eigenvalue weighted by Crippen LogP contribution is 2.16. The van der Waals surface area contributed by atoms with Gasteiger partial charge in [0.2, 0.25) is 0 Å². The highest BCUT2D eigenvalue weighted by atomic mass is 35.5. The van der Waals surface area contributed by atoms with Crippen molar-refractivity contribution < 1.29 is 0 Å². The molecule has 50 valence electrons. The van der Waals surface area contributed by atoms with Crippen LogP contribution in [0.1, 0.15) is 0 Å². The van der Waals surface area contributed by atoms with E-state index in [2.05, 4.69) is 0 Å². The van der Waals surface area contributed by atoms with E-state index in [1.54, 1.807) is 18.2 Å². The van der Waals surface area contributed by atoms with Gasteiger partial charge in [-0.3, -0.25) is 0 Å². The fourth-order valence-corrected chi connectivity index (χ4v) is 1.01. The Bertz CT molecular complexity index is 162. The first-order valence-corrected chi connectivity index (χ1v) is 3.47. The molecule has 1 nitrogen and oxygen atoms in total.